The molecule has 1 heterocycles. The van der Waals surface area contributed by atoms with Gasteiger partial charge in [0.05, 0.1) is 5.25 Å². The van der Waals surface area contributed by atoms with Crippen molar-refractivity contribution in [1.82, 2.24) is 4.90 Å². The average Bonchev–Trinajstić information content (AvgIpc) is 2.72. The molecule has 21 heavy (non-hydrogen) atoms. The zero-order valence-corrected chi connectivity index (χ0v) is 13.9. The molecular formula is C15H14BrNO3S. The Morgan fingerprint density at radius 2 is 2.24 bits per heavy atom. The zero-order chi connectivity index (χ0) is 15.4. The zero-order valence-electron chi connectivity index (χ0n) is 11.5. The third kappa shape index (κ3) is 3.60. The van der Waals surface area contributed by atoms with Crippen molar-refractivity contribution in [2.45, 2.75) is 18.6 Å². The van der Waals surface area contributed by atoms with Crippen LogP contribution in [0.15, 0.2) is 22.7 Å². The number of hydrogen-bond acceptors (Lipinski definition) is 4. The first-order chi connectivity index (χ1) is 10.1. The van der Waals surface area contributed by atoms with Crippen LogP contribution in [0.4, 0.5) is 4.79 Å². The van der Waals surface area contributed by atoms with Crippen molar-refractivity contribution >= 4 is 38.8 Å². The van der Waals surface area contributed by atoms with Crippen molar-refractivity contribution in [2.75, 3.05) is 13.2 Å². The molecule has 1 aliphatic heterocycles. The minimum absolute atomic E-state index is 0.143. The fourth-order valence-corrected chi connectivity index (χ4v) is 3.57. The summed E-state index contributed by atoms with van der Waals surface area (Å²) in [5, 5.41) is -0.589. The van der Waals surface area contributed by atoms with E-state index in [-0.39, 0.29) is 17.8 Å². The average molecular weight is 368 g/mol. The maximum Gasteiger partial charge on any atom is 0.289 e. The van der Waals surface area contributed by atoms with Gasteiger partial charge in [-0.25, -0.2) is 0 Å². The molecule has 1 aromatic carbocycles. The van der Waals surface area contributed by atoms with Crippen molar-refractivity contribution in [2.24, 2.45) is 0 Å². The van der Waals surface area contributed by atoms with Crippen LogP contribution < -0.4 is 4.74 Å². The van der Waals surface area contributed by atoms with Crippen LogP contribution in [0, 0.1) is 12.3 Å². The van der Waals surface area contributed by atoms with E-state index < -0.39 is 5.25 Å². The second-order valence-electron chi connectivity index (χ2n) is 4.40. The van der Waals surface area contributed by atoms with Crippen molar-refractivity contribution in [1.29, 1.82) is 0 Å². The normalized spacial score (nSPS) is 18.0. The highest BCUT2D eigenvalue weighted by Crippen LogP contribution is 2.33. The van der Waals surface area contributed by atoms with Crippen LogP contribution in [0.25, 0.3) is 0 Å². The molecule has 0 radical (unpaired) electrons. The third-order valence-electron chi connectivity index (χ3n) is 3.06. The maximum atomic E-state index is 12.2. The van der Waals surface area contributed by atoms with Crippen LogP contribution >= 0.6 is 27.7 Å². The molecule has 0 bridgehead atoms. The molecule has 2 amide bonds. The van der Waals surface area contributed by atoms with Gasteiger partial charge < -0.3 is 4.74 Å². The highest BCUT2D eigenvalue weighted by Gasteiger charge is 2.38. The second-order valence-corrected chi connectivity index (χ2v) is 6.47. The Kier molecular flexibility index (Phi) is 5.32. The van der Waals surface area contributed by atoms with E-state index in [1.807, 2.05) is 12.1 Å². The molecule has 4 nitrogen and oxygen atoms in total. The summed E-state index contributed by atoms with van der Waals surface area (Å²) in [5.41, 5.74) is 0.858. The number of amides is 2. The summed E-state index contributed by atoms with van der Waals surface area (Å²) in [6, 6.07) is 5.54. The number of halogens is 1. The summed E-state index contributed by atoms with van der Waals surface area (Å²) >= 11 is 4.47. The summed E-state index contributed by atoms with van der Waals surface area (Å²) in [6.07, 6.45) is 5.64. The molecule has 0 saturated carbocycles. The van der Waals surface area contributed by atoms with E-state index in [4.69, 9.17) is 11.2 Å². The predicted octanol–water partition coefficient (Wildman–Crippen LogP) is 3.09. The molecule has 0 N–H and O–H groups in total. The number of carbonyl (C=O) groups excluding carboxylic acids is 2. The van der Waals surface area contributed by atoms with Gasteiger partial charge in [0.15, 0.2) is 0 Å². The van der Waals surface area contributed by atoms with Gasteiger partial charge in [-0.3, -0.25) is 14.5 Å². The Bertz CT molecular complexity index is 611. The molecule has 0 spiro atoms. The number of benzene rings is 1. The van der Waals surface area contributed by atoms with Crippen molar-refractivity contribution in [3.8, 4) is 18.1 Å². The van der Waals surface area contributed by atoms with Crippen LogP contribution in [-0.4, -0.2) is 34.4 Å². The van der Waals surface area contributed by atoms with E-state index >= 15 is 0 Å². The van der Waals surface area contributed by atoms with E-state index in [1.165, 1.54) is 4.90 Å². The van der Waals surface area contributed by atoms with Crippen molar-refractivity contribution in [3.63, 3.8) is 0 Å². The molecule has 0 aliphatic carbocycles. The Hall–Kier alpha value is -1.45. The predicted molar refractivity (Wildman–Crippen MR) is 86.3 cm³/mol. The summed E-state index contributed by atoms with van der Waals surface area (Å²) in [7, 11) is 0. The summed E-state index contributed by atoms with van der Waals surface area (Å²) in [5.74, 6) is 2.92. The lowest BCUT2D eigenvalue weighted by Crippen LogP contribution is -2.31. The minimum atomic E-state index is -0.403. The quantitative estimate of drug-likeness (QED) is 0.750. The molecule has 1 atom stereocenters. The molecule has 0 aromatic heterocycles. The first kappa shape index (κ1) is 15.9. The van der Waals surface area contributed by atoms with Gasteiger partial charge in [0.25, 0.3) is 5.24 Å². The van der Waals surface area contributed by atoms with Gasteiger partial charge in [-0.1, -0.05) is 33.6 Å². The van der Waals surface area contributed by atoms with Gasteiger partial charge in [0.1, 0.15) is 12.4 Å². The molecule has 0 unspecified atom stereocenters. The molecule has 6 heteroatoms. The first-order valence-corrected chi connectivity index (χ1v) is 8.10. The Balaban J connectivity index is 2.19. The smallest absolute Gasteiger partial charge is 0.289 e. The maximum absolute atomic E-state index is 12.2. The first-order valence-electron chi connectivity index (χ1n) is 6.43. The van der Waals surface area contributed by atoms with Crippen molar-refractivity contribution in [3.05, 3.63) is 28.2 Å². The monoisotopic (exact) mass is 367 g/mol. The van der Waals surface area contributed by atoms with Gasteiger partial charge in [0, 0.05) is 11.0 Å². The topological polar surface area (TPSA) is 46.6 Å². The van der Waals surface area contributed by atoms with E-state index in [0.29, 0.717) is 18.7 Å². The molecule has 1 fully saturated rings. The second kappa shape index (κ2) is 7.01. The lowest BCUT2D eigenvalue weighted by Gasteiger charge is -2.13. The molecule has 1 aliphatic rings. The summed E-state index contributed by atoms with van der Waals surface area (Å²) in [6.45, 7) is 2.36. The fraction of sp³-hybridized carbons (Fsp3) is 0.333. The highest BCUT2D eigenvalue weighted by atomic mass is 79.9. The number of hydrogen-bond donors (Lipinski definition) is 0. The number of nitrogens with zero attached hydrogens (tertiary/aromatic N) is 1. The molecule has 2 rings (SSSR count). The van der Waals surface area contributed by atoms with Crippen LogP contribution in [0.3, 0.4) is 0 Å². The number of thioether (sulfide) groups is 1. The molecular weight excluding hydrogens is 354 g/mol. The van der Waals surface area contributed by atoms with E-state index in [0.717, 1.165) is 21.8 Å². The molecule has 110 valence electrons. The Labute approximate surface area is 136 Å². The third-order valence-corrected chi connectivity index (χ3v) is 4.63. The Morgan fingerprint density at radius 3 is 2.86 bits per heavy atom. The number of rotatable bonds is 5. The standard InChI is InChI=1S/C15H14BrNO3S/c1-3-7-20-12-6-5-11(16)8-10(12)9-13-14(18)17(4-2)15(19)21-13/h1,5-6,8,13H,4,7,9H2,2H3/t13-/m0/s1. The fourth-order valence-electron chi connectivity index (χ4n) is 2.08. The minimum Gasteiger partial charge on any atom is -0.481 e. The molecule has 1 aromatic rings. The number of imide groups is 1. The van der Waals surface area contributed by atoms with Crippen LogP contribution in [0.2, 0.25) is 0 Å². The van der Waals surface area contributed by atoms with Crippen LogP contribution in [0.1, 0.15) is 12.5 Å². The van der Waals surface area contributed by atoms with Crippen molar-refractivity contribution < 1.29 is 14.3 Å². The summed E-state index contributed by atoms with van der Waals surface area (Å²) in [4.78, 5) is 25.2. The van der Waals surface area contributed by atoms with Crippen LogP contribution in [-0.2, 0) is 11.2 Å². The van der Waals surface area contributed by atoms with E-state index in [1.54, 1.807) is 13.0 Å². The van der Waals surface area contributed by atoms with E-state index in [9.17, 15) is 9.59 Å². The van der Waals surface area contributed by atoms with Gasteiger partial charge in [-0.05, 0) is 37.1 Å². The SMILES string of the molecule is C#CCOc1ccc(Br)cc1C[C@@H]1SC(=O)N(CC)C1=O. The highest BCUT2D eigenvalue weighted by molar-refractivity contribution is 9.10. The van der Waals surface area contributed by atoms with Gasteiger partial charge in [0.2, 0.25) is 5.91 Å². The van der Waals surface area contributed by atoms with Gasteiger partial charge in [-0.2, -0.15) is 0 Å². The van der Waals surface area contributed by atoms with Crippen LogP contribution in [0.5, 0.6) is 5.75 Å². The van der Waals surface area contributed by atoms with E-state index in [2.05, 4.69) is 21.9 Å². The Morgan fingerprint density at radius 1 is 1.48 bits per heavy atom. The number of terminal acetylenes is 1. The molecule has 1 saturated heterocycles. The number of ether oxygens (including phenoxy) is 1. The lowest BCUT2D eigenvalue weighted by atomic mass is 10.1. The summed E-state index contributed by atoms with van der Waals surface area (Å²) < 4.78 is 6.38. The van der Waals surface area contributed by atoms with Gasteiger partial charge in [-0.15, -0.1) is 6.42 Å². The largest absolute Gasteiger partial charge is 0.481 e. The van der Waals surface area contributed by atoms with Gasteiger partial charge >= 0.3 is 0 Å². The lowest BCUT2D eigenvalue weighted by molar-refractivity contribution is -0.126. The number of carbonyl (C=O) groups is 2.